The number of benzene rings is 11. The van der Waals surface area contributed by atoms with E-state index < -0.39 is 0 Å². The Bertz CT molecular complexity index is 4890. The van der Waals surface area contributed by atoms with Crippen molar-refractivity contribution in [2.45, 2.75) is 69.2 Å². The Labute approximate surface area is 525 Å². The highest BCUT2D eigenvalue weighted by Crippen LogP contribution is 2.48. The standard InChI is InChI=1S/C82H66N8/c1-47-41-53(7)75(55(9)71(47)69-49(3)43-61(44-50(69)4)81-85-77(57-27-15-11-16-28-57)83-78(86-81)58-29-17-12-18-30-58)89-65-37-25-23-35-63(65)73-67(89)39-40-68-74(73)64-36-24-26-38-66(64)90(68)76-54(8)42-48(2)72(56(76)10)70-51(5)45-62(46-52(70)6)82-87-79(59-31-19-13-20-32-59)84-80(88-82)60-33-21-14-22-34-60/h11-46H,1-10H3. The molecular weight excluding hydrogens is 1100 g/mol. The summed E-state index contributed by atoms with van der Waals surface area (Å²) in [5, 5.41) is 4.92. The fraction of sp³-hybridized carbons (Fsp3) is 0.122. The quantitative estimate of drug-likeness (QED) is 0.136. The van der Waals surface area contributed by atoms with Gasteiger partial charge < -0.3 is 9.13 Å². The van der Waals surface area contributed by atoms with E-state index in [9.17, 15) is 0 Å². The van der Waals surface area contributed by atoms with Gasteiger partial charge in [-0.15, -0.1) is 0 Å². The maximum Gasteiger partial charge on any atom is 0.164 e. The van der Waals surface area contributed by atoms with Gasteiger partial charge in [-0.05, 0) is 196 Å². The first-order chi connectivity index (χ1) is 43.8. The van der Waals surface area contributed by atoms with Gasteiger partial charge in [-0.1, -0.05) is 170 Å². The fourth-order valence-corrected chi connectivity index (χ4v) is 14.7. The second-order valence-electron chi connectivity index (χ2n) is 24.3. The maximum atomic E-state index is 5.13. The van der Waals surface area contributed by atoms with Crippen molar-refractivity contribution in [3.8, 4) is 102 Å². The molecule has 15 rings (SSSR count). The molecule has 0 aliphatic rings. The van der Waals surface area contributed by atoms with E-state index in [1.807, 2.05) is 72.8 Å². The summed E-state index contributed by atoms with van der Waals surface area (Å²) in [4.78, 5) is 30.5. The lowest BCUT2D eigenvalue weighted by Gasteiger charge is -2.23. The predicted molar refractivity (Wildman–Crippen MR) is 373 cm³/mol. The maximum absolute atomic E-state index is 5.13. The lowest BCUT2D eigenvalue weighted by atomic mass is 9.86. The molecule has 11 aromatic carbocycles. The zero-order chi connectivity index (χ0) is 61.6. The van der Waals surface area contributed by atoms with Gasteiger partial charge in [0.15, 0.2) is 34.9 Å². The van der Waals surface area contributed by atoms with Crippen molar-refractivity contribution < 1.29 is 0 Å². The summed E-state index contributed by atoms with van der Waals surface area (Å²) in [5.41, 5.74) is 29.7. The molecule has 0 fully saturated rings. The zero-order valence-corrected chi connectivity index (χ0v) is 52.4. The summed E-state index contributed by atoms with van der Waals surface area (Å²) in [6.07, 6.45) is 0. The Morgan fingerprint density at radius 3 is 0.778 bits per heavy atom. The summed E-state index contributed by atoms with van der Waals surface area (Å²) in [6, 6.07) is 77.3. The molecule has 434 valence electrons. The Hall–Kier alpha value is -11.0. The molecule has 0 spiro atoms. The highest BCUT2D eigenvalue weighted by atomic mass is 15.0. The minimum Gasteiger partial charge on any atom is -0.309 e. The van der Waals surface area contributed by atoms with Crippen LogP contribution in [0.1, 0.15) is 55.6 Å². The van der Waals surface area contributed by atoms with E-state index in [4.69, 9.17) is 29.9 Å². The van der Waals surface area contributed by atoms with Crippen LogP contribution in [0.5, 0.6) is 0 Å². The van der Waals surface area contributed by atoms with Crippen molar-refractivity contribution in [1.29, 1.82) is 0 Å². The number of aryl methyl sites for hydroxylation is 8. The molecule has 0 bridgehead atoms. The van der Waals surface area contributed by atoms with Crippen LogP contribution in [0.15, 0.2) is 218 Å². The van der Waals surface area contributed by atoms with Gasteiger partial charge in [-0.25, -0.2) is 29.9 Å². The SMILES string of the molecule is Cc1cc(-c2nc(-c3ccccc3)nc(-c3ccccc3)n2)cc(C)c1-c1c(C)cc(C)c(-n2c3ccccc3c3c4c5ccccc5n(-c5c(C)cc(C)c(-c6c(C)cc(-c7nc(-c8ccccc8)nc(-c8ccccc8)n7)cc6C)c5C)c4ccc32)c1C. The Morgan fingerprint density at radius 1 is 0.222 bits per heavy atom. The van der Waals surface area contributed by atoms with E-state index in [1.165, 1.54) is 111 Å². The molecule has 4 aromatic heterocycles. The van der Waals surface area contributed by atoms with Crippen molar-refractivity contribution >= 4 is 43.6 Å². The number of nitrogens with zero attached hydrogens (tertiary/aromatic N) is 8. The lowest BCUT2D eigenvalue weighted by molar-refractivity contribution is 1.07. The minimum absolute atomic E-state index is 0.647. The average molecular weight is 1160 g/mol. The summed E-state index contributed by atoms with van der Waals surface area (Å²) in [6.45, 7) is 22.6. The molecule has 0 aliphatic heterocycles. The third-order valence-electron chi connectivity index (χ3n) is 18.3. The number of rotatable bonds is 10. The molecule has 0 amide bonds. The third kappa shape index (κ3) is 9.20. The molecule has 4 heterocycles. The van der Waals surface area contributed by atoms with E-state index in [0.717, 1.165) is 55.6 Å². The number of para-hydroxylation sites is 2. The van der Waals surface area contributed by atoms with Crippen LogP contribution in [0.3, 0.4) is 0 Å². The Balaban J connectivity index is 0.873. The average Bonchev–Trinajstić information content (AvgIpc) is 1.54. The normalized spacial score (nSPS) is 11.7. The molecule has 8 heteroatoms. The van der Waals surface area contributed by atoms with Gasteiger partial charge in [0, 0.05) is 54.9 Å². The molecule has 15 aromatic rings. The highest BCUT2D eigenvalue weighted by molar-refractivity contribution is 6.29. The van der Waals surface area contributed by atoms with Gasteiger partial charge >= 0.3 is 0 Å². The molecule has 0 saturated carbocycles. The minimum atomic E-state index is 0.647. The molecule has 0 aliphatic carbocycles. The summed E-state index contributed by atoms with van der Waals surface area (Å²) >= 11 is 0. The van der Waals surface area contributed by atoms with Crippen LogP contribution in [0.4, 0.5) is 0 Å². The van der Waals surface area contributed by atoms with Gasteiger partial charge in [0.2, 0.25) is 0 Å². The number of hydrogen-bond acceptors (Lipinski definition) is 6. The number of hydrogen-bond donors (Lipinski definition) is 0. The van der Waals surface area contributed by atoms with Gasteiger partial charge in [-0.2, -0.15) is 0 Å². The van der Waals surface area contributed by atoms with Crippen LogP contribution < -0.4 is 0 Å². The van der Waals surface area contributed by atoms with Crippen molar-refractivity contribution in [2.75, 3.05) is 0 Å². The fourth-order valence-electron chi connectivity index (χ4n) is 14.7. The first-order valence-electron chi connectivity index (χ1n) is 30.9. The van der Waals surface area contributed by atoms with Crippen LogP contribution in [-0.4, -0.2) is 39.0 Å². The van der Waals surface area contributed by atoms with E-state index in [-0.39, 0.29) is 0 Å². The van der Waals surface area contributed by atoms with Crippen molar-refractivity contribution in [2.24, 2.45) is 0 Å². The smallest absolute Gasteiger partial charge is 0.164 e. The van der Waals surface area contributed by atoms with Crippen LogP contribution >= 0.6 is 0 Å². The molecule has 0 atom stereocenters. The lowest BCUT2D eigenvalue weighted by Crippen LogP contribution is -2.06. The molecule has 0 N–H and O–H groups in total. The van der Waals surface area contributed by atoms with Crippen LogP contribution in [0.2, 0.25) is 0 Å². The Kier molecular flexibility index (Phi) is 13.6. The molecule has 0 unspecified atom stereocenters. The summed E-state index contributed by atoms with van der Waals surface area (Å²) in [5.74, 6) is 3.88. The van der Waals surface area contributed by atoms with Crippen molar-refractivity contribution in [1.82, 2.24) is 39.0 Å². The molecule has 0 radical (unpaired) electrons. The van der Waals surface area contributed by atoms with Crippen LogP contribution in [-0.2, 0) is 0 Å². The first kappa shape index (κ1) is 55.6. The highest BCUT2D eigenvalue weighted by Gasteiger charge is 2.27. The topological polar surface area (TPSA) is 87.2 Å². The van der Waals surface area contributed by atoms with Crippen LogP contribution in [0.25, 0.3) is 146 Å². The molecule has 90 heavy (non-hydrogen) atoms. The number of aromatic nitrogens is 8. The number of fused-ring (bicyclic) bond motifs is 7. The van der Waals surface area contributed by atoms with Gasteiger partial charge in [-0.3, -0.25) is 0 Å². The van der Waals surface area contributed by atoms with Crippen molar-refractivity contribution in [3.63, 3.8) is 0 Å². The van der Waals surface area contributed by atoms with E-state index in [0.29, 0.717) is 34.9 Å². The molecular formula is C82H66N8. The Morgan fingerprint density at radius 2 is 0.478 bits per heavy atom. The molecule has 0 saturated heterocycles. The van der Waals surface area contributed by atoms with Crippen molar-refractivity contribution in [3.05, 3.63) is 274 Å². The van der Waals surface area contributed by atoms with E-state index >= 15 is 0 Å². The summed E-state index contributed by atoms with van der Waals surface area (Å²) in [7, 11) is 0. The van der Waals surface area contributed by atoms with E-state index in [1.54, 1.807) is 0 Å². The second-order valence-corrected chi connectivity index (χ2v) is 24.3. The predicted octanol–water partition coefficient (Wildman–Crippen LogP) is 20.7. The zero-order valence-electron chi connectivity index (χ0n) is 52.4. The first-order valence-corrected chi connectivity index (χ1v) is 30.9. The van der Waals surface area contributed by atoms with Gasteiger partial charge in [0.1, 0.15) is 0 Å². The van der Waals surface area contributed by atoms with Crippen LogP contribution in [0, 0.1) is 69.2 Å². The monoisotopic (exact) mass is 1160 g/mol. The molecule has 8 nitrogen and oxygen atoms in total. The van der Waals surface area contributed by atoms with Gasteiger partial charge in [0.05, 0.1) is 33.4 Å². The third-order valence-corrected chi connectivity index (χ3v) is 18.3. The van der Waals surface area contributed by atoms with E-state index in [2.05, 4.69) is 224 Å². The summed E-state index contributed by atoms with van der Waals surface area (Å²) < 4.78 is 5.09. The van der Waals surface area contributed by atoms with Gasteiger partial charge in [0.25, 0.3) is 0 Å². The largest absolute Gasteiger partial charge is 0.309 e. The second kappa shape index (κ2) is 22.0.